The molecule has 5 aromatic rings. The predicted octanol–water partition coefficient (Wildman–Crippen LogP) is 6.51. The topological polar surface area (TPSA) is 114 Å². The van der Waals surface area contributed by atoms with Gasteiger partial charge in [-0.1, -0.05) is 47.1 Å². The number of likely N-dealkylation sites (tertiary alicyclic amines) is 1. The Morgan fingerprint density at radius 1 is 1.12 bits per heavy atom. The normalized spacial score (nSPS) is 18.9. The molecule has 11 nitrogen and oxygen atoms in total. The summed E-state index contributed by atoms with van der Waals surface area (Å²) in [6.45, 7) is 4.35. The van der Waals surface area contributed by atoms with Gasteiger partial charge in [0.2, 0.25) is 5.91 Å². The maximum atomic E-state index is 16.8. The first-order valence-corrected chi connectivity index (χ1v) is 18.2. The molecule has 3 aromatic heterocycles. The van der Waals surface area contributed by atoms with E-state index < -0.39 is 5.82 Å². The highest BCUT2D eigenvalue weighted by atomic mass is 35.5. The first-order valence-electron chi connectivity index (χ1n) is 17.8. The van der Waals surface area contributed by atoms with Crippen molar-refractivity contribution in [3.63, 3.8) is 0 Å². The van der Waals surface area contributed by atoms with Gasteiger partial charge in [0.15, 0.2) is 11.6 Å². The Morgan fingerprint density at radius 3 is 2.69 bits per heavy atom. The number of aromatic nitrogens is 5. The fourth-order valence-electron chi connectivity index (χ4n) is 8.13. The molecule has 0 bridgehead atoms. The van der Waals surface area contributed by atoms with Crippen LogP contribution < -0.4 is 9.64 Å². The van der Waals surface area contributed by atoms with Crippen molar-refractivity contribution in [2.75, 3.05) is 51.3 Å². The van der Waals surface area contributed by atoms with Gasteiger partial charge in [-0.25, -0.2) is 4.39 Å². The van der Waals surface area contributed by atoms with Crippen LogP contribution >= 0.6 is 11.6 Å². The van der Waals surface area contributed by atoms with E-state index in [-0.39, 0.29) is 34.6 Å². The van der Waals surface area contributed by atoms with Crippen LogP contribution in [-0.4, -0.2) is 92.7 Å². The van der Waals surface area contributed by atoms with Crippen LogP contribution in [0.25, 0.3) is 39.0 Å². The molecule has 0 unspecified atom stereocenters. The van der Waals surface area contributed by atoms with E-state index in [2.05, 4.69) is 25.0 Å². The molecule has 4 fully saturated rings. The predicted molar refractivity (Wildman–Crippen MR) is 192 cm³/mol. The van der Waals surface area contributed by atoms with Gasteiger partial charge in [-0.15, -0.1) is 0 Å². The Hall–Kier alpha value is -4.68. The van der Waals surface area contributed by atoms with Crippen molar-refractivity contribution in [3.05, 3.63) is 71.2 Å². The number of rotatable bonds is 10. The summed E-state index contributed by atoms with van der Waals surface area (Å²) in [4.78, 5) is 37.7. The van der Waals surface area contributed by atoms with Crippen LogP contribution in [-0.2, 0) is 4.79 Å². The largest absolute Gasteiger partial charge is 0.461 e. The zero-order valence-electron chi connectivity index (χ0n) is 28.4. The molecule has 3 saturated heterocycles. The quantitative estimate of drug-likeness (QED) is 0.149. The third-order valence-corrected chi connectivity index (χ3v) is 11.3. The highest BCUT2D eigenvalue weighted by Gasteiger charge is 2.45. The Labute approximate surface area is 299 Å². The fraction of sp³-hybridized carbons (Fsp3) is 0.421. The molecule has 1 aliphatic carbocycles. The van der Waals surface area contributed by atoms with Crippen LogP contribution in [0.3, 0.4) is 0 Å². The molecule has 0 atom stereocenters. The second-order valence-electron chi connectivity index (χ2n) is 14.5. The minimum Gasteiger partial charge on any atom is -0.461 e. The van der Waals surface area contributed by atoms with Crippen molar-refractivity contribution >= 4 is 51.1 Å². The molecule has 6 heterocycles. The van der Waals surface area contributed by atoms with Crippen LogP contribution in [0.2, 0.25) is 5.02 Å². The van der Waals surface area contributed by atoms with Crippen LogP contribution in [0, 0.1) is 11.7 Å². The summed E-state index contributed by atoms with van der Waals surface area (Å²) in [6.07, 6.45) is 11.3. The number of hydrogen-bond donors (Lipinski definition) is 0. The summed E-state index contributed by atoms with van der Waals surface area (Å²) >= 11 is 6.63. The summed E-state index contributed by atoms with van der Waals surface area (Å²) in [7, 11) is 1.92. The molecular weight excluding hydrogens is 671 g/mol. The lowest BCUT2D eigenvalue weighted by Crippen LogP contribution is -2.53. The summed E-state index contributed by atoms with van der Waals surface area (Å²) in [5.74, 6) is 1.49. The molecule has 0 N–H and O–H groups in total. The molecule has 0 spiro atoms. The van der Waals surface area contributed by atoms with E-state index in [1.54, 1.807) is 23.2 Å². The van der Waals surface area contributed by atoms with Gasteiger partial charge in [0.1, 0.15) is 23.6 Å². The van der Waals surface area contributed by atoms with Gasteiger partial charge in [-0.05, 0) is 63.1 Å². The Morgan fingerprint density at radius 2 is 1.90 bits per heavy atom. The van der Waals surface area contributed by atoms with Crippen LogP contribution in [0.4, 0.5) is 10.2 Å². The Kier molecular flexibility index (Phi) is 8.11. The maximum Gasteiger partial charge on any atom is 0.319 e. The molecule has 13 heteroatoms. The highest BCUT2D eigenvalue weighted by molar-refractivity contribution is 6.36. The zero-order valence-corrected chi connectivity index (χ0v) is 29.2. The summed E-state index contributed by atoms with van der Waals surface area (Å²) in [5.41, 5.74) is 0.882. The SMILES string of the molecule is CN(CC1CN(C(=O)/C=C/c2nc(C3CC3)no2)C1)c1nc(OCC23CCCN2CCC3)nc2c(F)c(-c3cccc4cccc(Cl)c34)ncc12. The second kappa shape index (κ2) is 12.8. The molecule has 1 saturated carbocycles. The number of fused-ring (bicyclic) bond motifs is 3. The number of nitrogens with zero attached hydrogens (tertiary/aromatic N) is 8. The van der Waals surface area contributed by atoms with Crippen molar-refractivity contribution in [2.45, 2.75) is 50.0 Å². The van der Waals surface area contributed by atoms with Gasteiger partial charge in [-0.2, -0.15) is 15.0 Å². The van der Waals surface area contributed by atoms with Gasteiger partial charge in [0, 0.05) is 72.8 Å². The lowest BCUT2D eigenvalue weighted by molar-refractivity contribution is -0.131. The molecule has 1 amide bonds. The standard InChI is InChI=1S/C38H38ClFN8O3/c1-46(19-23-20-47(21-23)30(49)13-12-29-42-35(45-51-29)25-10-11-25)36-27-18-41-33(26-8-2-6-24-7-3-9-28(39)31(24)26)32(40)34(27)43-37(44-36)50-22-38-14-4-16-48(38)17-5-15-38/h2-3,6-9,12-13,18,23,25H,4-5,10-11,14-17,19-22H2,1H3/b13-12+. The fourth-order valence-corrected chi connectivity index (χ4v) is 8.41. The van der Waals surface area contributed by atoms with E-state index >= 15 is 4.39 Å². The number of benzene rings is 2. The third kappa shape index (κ3) is 5.97. The van der Waals surface area contributed by atoms with E-state index in [0.29, 0.717) is 65.7 Å². The summed E-state index contributed by atoms with van der Waals surface area (Å²) in [6, 6.07) is 11.4. The van der Waals surface area contributed by atoms with Gasteiger partial charge >= 0.3 is 6.01 Å². The average Bonchev–Trinajstić information content (AvgIpc) is 3.52. The zero-order chi connectivity index (χ0) is 34.7. The van der Waals surface area contributed by atoms with Crippen molar-refractivity contribution in [1.29, 1.82) is 0 Å². The number of ether oxygens (including phenoxy) is 1. The second-order valence-corrected chi connectivity index (χ2v) is 14.9. The van der Waals surface area contributed by atoms with E-state index in [1.807, 2.05) is 42.3 Å². The number of anilines is 1. The Bertz CT molecular complexity index is 2170. The molecule has 9 rings (SSSR count). The minimum atomic E-state index is -0.555. The highest BCUT2D eigenvalue weighted by Crippen LogP contribution is 2.41. The van der Waals surface area contributed by atoms with Gasteiger partial charge in [-0.3, -0.25) is 14.7 Å². The van der Waals surface area contributed by atoms with Crippen molar-refractivity contribution < 1.29 is 18.4 Å². The number of amides is 1. The van der Waals surface area contributed by atoms with Crippen molar-refractivity contribution in [3.8, 4) is 17.3 Å². The number of hydrogen-bond acceptors (Lipinski definition) is 10. The van der Waals surface area contributed by atoms with Crippen LogP contribution in [0.15, 0.2) is 53.2 Å². The van der Waals surface area contributed by atoms with Gasteiger partial charge < -0.3 is 19.1 Å². The van der Waals surface area contributed by atoms with Crippen LogP contribution in [0.5, 0.6) is 6.01 Å². The smallest absolute Gasteiger partial charge is 0.319 e. The van der Waals surface area contributed by atoms with E-state index in [9.17, 15) is 4.79 Å². The Balaban J connectivity index is 0.982. The lowest BCUT2D eigenvalue weighted by atomic mass is 9.95. The van der Waals surface area contributed by atoms with Crippen molar-refractivity contribution in [1.82, 2.24) is 34.9 Å². The molecular formula is C38H38ClFN8O3. The molecule has 262 valence electrons. The van der Waals surface area contributed by atoms with E-state index in [1.165, 1.54) is 6.08 Å². The van der Waals surface area contributed by atoms with E-state index in [0.717, 1.165) is 62.4 Å². The molecule has 2 aromatic carbocycles. The van der Waals surface area contributed by atoms with Crippen molar-refractivity contribution in [2.24, 2.45) is 5.92 Å². The number of carbonyl (C=O) groups is 1. The van der Waals surface area contributed by atoms with Gasteiger partial charge in [0.25, 0.3) is 5.89 Å². The monoisotopic (exact) mass is 708 g/mol. The molecule has 51 heavy (non-hydrogen) atoms. The number of carbonyl (C=O) groups excluding carboxylic acids is 1. The minimum absolute atomic E-state index is 0.0224. The molecule has 3 aliphatic heterocycles. The first kappa shape index (κ1) is 32.2. The molecule has 0 radical (unpaired) electrons. The van der Waals surface area contributed by atoms with E-state index in [4.69, 9.17) is 25.8 Å². The van der Waals surface area contributed by atoms with Gasteiger partial charge in [0.05, 0.1) is 10.9 Å². The lowest BCUT2D eigenvalue weighted by Gasteiger charge is -2.40. The average molecular weight is 709 g/mol. The summed E-state index contributed by atoms with van der Waals surface area (Å²) in [5, 5.41) is 6.64. The third-order valence-electron chi connectivity index (χ3n) is 11.0. The number of pyridine rings is 1. The first-order chi connectivity index (χ1) is 24.8. The number of halogens is 2. The summed E-state index contributed by atoms with van der Waals surface area (Å²) < 4.78 is 28.4. The maximum absolute atomic E-state index is 16.8. The molecule has 4 aliphatic rings. The van der Waals surface area contributed by atoms with Crippen LogP contribution in [0.1, 0.15) is 56.2 Å².